The van der Waals surface area contributed by atoms with E-state index in [9.17, 15) is 20.0 Å². The van der Waals surface area contributed by atoms with Gasteiger partial charge in [-0.1, -0.05) is 12.8 Å². The summed E-state index contributed by atoms with van der Waals surface area (Å²) >= 11 is 0. The van der Waals surface area contributed by atoms with Crippen molar-refractivity contribution >= 4 is 5.78 Å². The lowest BCUT2D eigenvalue weighted by Gasteiger charge is -2.37. The molecule has 2 saturated carbocycles. The van der Waals surface area contributed by atoms with Gasteiger partial charge in [-0.2, -0.15) is 0 Å². The second-order valence-electron chi connectivity index (χ2n) is 4.96. The molecule has 0 aromatic heterocycles. The molecule has 90 valence electrons. The molecule has 2 fully saturated rings. The average Bonchev–Trinajstić information content (AvgIpc) is 2.23. The van der Waals surface area contributed by atoms with Crippen LogP contribution in [0.25, 0.3) is 0 Å². The summed E-state index contributed by atoms with van der Waals surface area (Å²) in [4.78, 5) is 22.9. The second kappa shape index (κ2) is 4.13. The zero-order chi connectivity index (χ0) is 11.8. The minimum atomic E-state index is -1.38. The Morgan fingerprint density at radius 1 is 1.25 bits per heavy atom. The first-order valence-corrected chi connectivity index (χ1v) is 5.95. The van der Waals surface area contributed by atoms with Crippen LogP contribution in [-0.2, 0) is 4.79 Å². The molecule has 0 radical (unpaired) electrons. The quantitative estimate of drug-likeness (QED) is 0.541. The van der Waals surface area contributed by atoms with Crippen LogP contribution in [0.1, 0.15) is 44.9 Å². The van der Waals surface area contributed by atoms with Gasteiger partial charge in [-0.3, -0.25) is 14.9 Å². The number of aliphatic hydroxyl groups excluding tert-OH is 1. The molecule has 3 atom stereocenters. The summed E-state index contributed by atoms with van der Waals surface area (Å²) in [6.45, 7) is 0. The topological polar surface area (TPSA) is 80.4 Å². The first-order valence-electron chi connectivity index (χ1n) is 5.95. The Morgan fingerprint density at radius 3 is 2.69 bits per heavy atom. The molecule has 0 aliphatic heterocycles. The van der Waals surface area contributed by atoms with Crippen molar-refractivity contribution in [2.75, 3.05) is 0 Å². The first kappa shape index (κ1) is 11.5. The number of ketones is 1. The van der Waals surface area contributed by atoms with E-state index in [1.54, 1.807) is 0 Å². The molecule has 0 heterocycles. The second-order valence-corrected chi connectivity index (χ2v) is 4.96. The molecular formula is C11H17NO4. The minimum Gasteiger partial charge on any atom is -0.392 e. The predicted octanol–water partition coefficient (Wildman–Crippen LogP) is 1.31. The van der Waals surface area contributed by atoms with Gasteiger partial charge in [0, 0.05) is 17.8 Å². The average molecular weight is 227 g/mol. The smallest absolute Gasteiger partial charge is 0.279 e. The Balaban J connectivity index is 2.33. The van der Waals surface area contributed by atoms with Gasteiger partial charge in [0.15, 0.2) is 0 Å². The van der Waals surface area contributed by atoms with Crippen LogP contribution in [0.5, 0.6) is 0 Å². The molecule has 0 amide bonds. The summed E-state index contributed by atoms with van der Waals surface area (Å²) in [6, 6.07) is 0. The van der Waals surface area contributed by atoms with Crippen molar-refractivity contribution in [3.63, 3.8) is 0 Å². The number of carbonyl (C=O) groups is 1. The Kier molecular flexibility index (Phi) is 2.97. The molecular weight excluding hydrogens is 210 g/mol. The van der Waals surface area contributed by atoms with Crippen LogP contribution >= 0.6 is 0 Å². The number of rotatable bonds is 1. The van der Waals surface area contributed by atoms with Gasteiger partial charge >= 0.3 is 0 Å². The third-order valence-corrected chi connectivity index (χ3v) is 4.07. The Hall–Kier alpha value is -0.970. The molecule has 0 saturated heterocycles. The number of nitrogens with zero attached hydrogens (tertiary/aromatic N) is 1. The fourth-order valence-corrected chi connectivity index (χ4v) is 3.03. The maximum absolute atomic E-state index is 12.2. The monoisotopic (exact) mass is 227 g/mol. The van der Waals surface area contributed by atoms with Gasteiger partial charge < -0.3 is 5.11 Å². The van der Waals surface area contributed by atoms with Crippen LogP contribution in [0.15, 0.2) is 0 Å². The van der Waals surface area contributed by atoms with Gasteiger partial charge in [-0.25, -0.2) is 0 Å². The van der Waals surface area contributed by atoms with E-state index in [1.807, 2.05) is 0 Å². The Bertz CT molecular complexity index is 313. The van der Waals surface area contributed by atoms with Crippen molar-refractivity contribution in [3.8, 4) is 0 Å². The minimum absolute atomic E-state index is 0.205. The van der Waals surface area contributed by atoms with E-state index in [0.29, 0.717) is 19.3 Å². The molecule has 0 spiro atoms. The summed E-state index contributed by atoms with van der Waals surface area (Å²) in [5.74, 6) is -0.824. The van der Waals surface area contributed by atoms with Gasteiger partial charge in [-0.05, 0) is 19.3 Å². The van der Waals surface area contributed by atoms with Crippen LogP contribution in [0.2, 0.25) is 0 Å². The molecule has 2 aliphatic rings. The van der Waals surface area contributed by atoms with Crippen LogP contribution < -0.4 is 0 Å². The van der Waals surface area contributed by atoms with E-state index >= 15 is 0 Å². The van der Waals surface area contributed by atoms with Crippen molar-refractivity contribution in [2.45, 2.75) is 56.6 Å². The molecule has 1 N–H and O–H groups in total. The van der Waals surface area contributed by atoms with Crippen molar-refractivity contribution in [2.24, 2.45) is 5.92 Å². The summed E-state index contributed by atoms with van der Waals surface area (Å²) in [5, 5.41) is 20.9. The summed E-state index contributed by atoms with van der Waals surface area (Å²) < 4.78 is 0. The standard InChI is InChI=1S/C11H17NO4/c13-9-5-7-11(12(15)16)6-3-1-2-4-8(9)10(11)14/h8-9,13H,1-7H2. The van der Waals surface area contributed by atoms with E-state index in [0.717, 1.165) is 19.3 Å². The van der Waals surface area contributed by atoms with Gasteiger partial charge in [0.05, 0.1) is 12.0 Å². The lowest BCUT2D eigenvalue weighted by Crippen LogP contribution is -2.56. The largest absolute Gasteiger partial charge is 0.392 e. The number of fused-ring (bicyclic) bond motifs is 2. The van der Waals surface area contributed by atoms with Gasteiger partial charge in [0.25, 0.3) is 5.54 Å². The van der Waals surface area contributed by atoms with E-state index in [-0.39, 0.29) is 12.2 Å². The molecule has 2 bridgehead atoms. The highest BCUT2D eigenvalue weighted by atomic mass is 16.6. The van der Waals surface area contributed by atoms with E-state index in [4.69, 9.17) is 0 Å². The number of hydrogen-bond acceptors (Lipinski definition) is 4. The van der Waals surface area contributed by atoms with Crippen LogP contribution in [0.3, 0.4) is 0 Å². The number of nitro groups is 1. The van der Waals surface area contributed by atoms with Crippen molar-refractivity contribution in [1.82, 2.24) is 0 Å². The Labute approximate surface area is 94.0 Å². The summed E-state index contributed by atoms with van der Waals surface area (Å²) in [6.07, 6.45) is 3.44. The van der Waals surface area contributed by atoms with Crippen molar-refractivity contribution < 1.29 is 14.8 Å². The van der Waals surface area contributed by atoms with E-state index in [2.05, 4.69) is 0 Å². The van der Waals surface area contributed by atoms with E-state index < -0.39 is 22.5 Å². The molecule has 5 nitrogen and oxygen atoms in total. The summed E-state index contributed by atoms with van der Waals surface area (Å²) in [5.41, 5.74) is -1.38. The zero-order valence-corrected chi connectivity index (χ0v) is 9.22. The molecule has 3 unspecified atom stereocenters. The molecule has 2 rings (SSSR count). The lowest BCUT2D eigenvalue weighted by molar-refractivity contribution is -0.557. The van der Waals surface area contributed by atoms with Crippen molar-refractivity contribution in [3.05, 3.63) is 10.1 Å². The first-order chi connectivity index (χ1) is 7.58. The molecule has 2 aliphatic carbocycles. The SMILES string of the molecule is O=C1C2CCCCCC1([N+](=O)[O-])CCC2O. The predicted molar refractivity (Wildman–Crippen MR) is 56.5 cm³/mol. The van der Waals surface area contributed by atoms with E-state index in [1.165, 1.54) is 0 Å². The lowest BCUT2D eigenvalue weighted by atomic mass is 9.68. The Morgan fingerprint density at radius 2 is 2.00 bits per heavy atom. The maximum atomic E-state index is 12.2. The van der Waals surface area contributed by atoms with Crippen molar-refractivity contribution in [1.29, 1.82) is 0 Å². The van der Waals surface area contributed by atoms with Crippen LogP contribution in [0.4, 0.5) is 0 Å². The maximum Gasteiger partial charge on any atom is 0.279 e. The number of Topliss-reactive ketones (excluding diaryl/α,β-unsaturated/α-hetero) is 1. The van der Waals surface area contributed by atoms with Crippen LogP contribution in [0, 0.1) is 16.0 Å². The highest BCUT2D eigenvalue weighted by Crippen LogP contribution is 2.39. The highest BCUT2D eigenvalue weighted by Gasteiger charge is 2.57. The summed E-state index contributed by atoms with van der Waals surface area (Å²) in [7, 11) is 0. The van der Waals surface area contributed by atoms with Gasteiger partial charge in [-0.15, -0.1) is 0 Å². The molecule has 0 aromatic carbocycles. The van der Waals surface area contributed by atoms with Gasteiger partial charge in [0.1, 0.15) is 0 Å². The third kappa shape index (κ3) is 1.63. The molecule has 5 heteroatoms. The highest BCUT2D eigenvalue weighted by molar-refractivity contribution is 5.90. The molecule has 16 heavy (non-hydrogen) atoms. The number of hydrogen-bond donors (Lipinski definition) is 1. The zero-order valence-electron chi connectivity index (χ0n) is 9.22. The number of carbonyl (C=O) groups excluding carboxylic acids is 1. The van der Waals surface area contributed by atoms with Gasteiger partial charge in [0.2, 0.25) is 5.78 Å². The normalized spacial score (nSPS) is 39.9. The fraction of sp³-hybridized carbons (Fsp3) is 0.909. The molecule has 0 aromatic rings. The fourth-order valence-electron chi connectivity index (χ4n) is 3.03. The number of aliphatic hydroxyl groups is 1. The third-order valence-electron chi connectivity index (χ3n) is 4.07. The van der Waals surface area contributed by atoms with Crippen LogP contribution in [-0.4, -0.2) is 27.5 Å².